The molecule has 1 aromatic carbocycles. The lowest BCUT2D eigenvalue weighted by molar-refractivity contribution is -0.152. The maximum Gasteiger partial charge on any atom is 0.136 e. The second-order valence-corrected chi connectivity index (χ2v) is 15.4. The molecule has 206 valence electrons. The minimum absolute atomic E-state index is 0.141. The summed E-state index contributed by atoms with van der Waals surface area (Å²) in [4.78, 5) is 13.3. The highest BCUT2D eigenvalue weighted by molar-refractivity contribution is 6.42. The zero-order valence-electron chi connectivity index (χ0n) is 24.0. The van der Waals surface area contributed by atoms with Crippen LogP contribution in [0.3, 0.4) is 0 Å². The third-order valence-electron chi connectivity index (χ3n) is 12.4. The number of carbonyl (C=O) groups is 1. The van der Waals surface area contributed by atoms with E-state index >= 15 is 0 Å². The lowest BCUT2D eigenvalue weighted by Crippen LogP contribution is -2.56. The van der Waals surface area contributed by atoms with Crippen LogP contribution in [0.4, 0.5) is 0 Å². The number of ketones is 1. The predicted octanol–water partition coefficient (Wildman–Crippen LogP) is 10.5. The van der Waals surface area contributed by atoms with Crippen LogP contribution in [0.5, 0.6) is 0 Å². The zero-order chi connectivity index (χ0) is 26.5. The largest absolute Gasteiger partial charge is 0.299 e. The molecule has 4 aliphatic carbocycles. The molecule has 0 N–H and O–H groups in total. The van der Waals surface area contributed by atoms with Crippen LogP contribution in [0, 0.1) is 58.2 Å². The normalized spacial score (nSPS) is 40.3. The summed E-state index contributed by atoms with van der Waals surface area (Å²) in [6.07, 6.45) is 15.1. The predicted molar refractivity (Wildman–Crippen MR) is 157 cm³/mol. The van der Waals surface area contributed by atoms with Crippen molar-refractivity contribution in [2.45, 2.75) is 112 Å². The second kappa shape index (κ2) is 10.8. The number of fused-ring (bicyclic) bond motifs is 5. The second-order valence-electron chi connectivity index (χ2n) is 14.6. The Balaban J connectivity index is 1.32. The molecular weight excluding hydrogens is 495 g/mol. The van der Waals surface area contributed by atoms with E-state index in [4.69, 9.17) is 23.2 Å². The van der Waals surface area contributed by atoms with Crippen molar-refractivity contribution < 1.29 is 4.79 Å². The molecular formula is C34H50Cl2O. The zero-order valence-corrected chi connectivity index (χ0v) is 25.5. The van der Waals surface area contributed by atoms with E-state index in [-0.39, 0.29) is 5.92 Å². The highest BCUT2D eigenvalue weighted by Gasteiger charge is 2.61. The standard InChI is InChI=1S/C34H50Cl2O/c1-21(2)7-6-8-22(3)26-12-13-27-24-10-11-28-25(19-23-9-14-30(35)31(36)20-23)32(37)16-18-34(28,5)29(24)15-17-33(26,27)4/h9,14,20-22,24-29H,6-8,10-13,15-19H2,1-5H3/t22-,24+,25?,26-,27+,28?,29+,33-,34+/m1/s1. The Morgan fingerprint density at radius 3 is 2.32 bits per heavy atom. The molecule has 0 heterocycles. The summed E-state index contributed by atoms with van der Waals surface area (Å²) in [5.74, 6) is 6.30. The molecule has 4 aliphatic rings. The Hall–Kier alpha value is -0.530. The van der Waals surface area contributed by atoms with Gasteiger partial charge < -0.3 is 0 Å². The third kappa shape index (κ3) is 5.08. The molecule has 1 aromatic rings. The van der Waals surface area contributed by atoms with Gasteiger partial charge in [-0.15, -0.1) is 0 Å². The molecule has 0 aromatic heterocycles. The van der Waals surface area contributed by atoms with Gasteiger partial charge in [-0.3, -0.25) is 4.79 Å². The lowest BCUT2D eigenvalue weighted by Gasteiger charge is -2.62. The van der Waals surface area contributed by atoms with E-state index in [1.807, 2.05) is 12.1 Å². The van der Waals surface area contributed by atoms with Gasteiger partial charge in [-0.25, -0.2) is 0 Å². The van der Waals surface area contributed by atoms with Gasteiger partial charge in [-0.2, -0.15) is 0 Å². The number of carbonyl (C=O) groups excluding carboxylic acids is 1. The Labute approximate surface area is 236 Å². The summed E-state index contributed by atoms with van der Waals surface area (Å²) < 4.78 is 0. The van der Waals surface area contributed by atoms with E-state index in [1.54, 1.807) is 0 Å². The van der Waals surface area contributed by atoms with Crippen molar-refractivity contribution in [3.63, 3.8) is 0 Å². The van der Waals surface area contributed by atoms with Crippen molar-refractivity contribution in [3.8, 4) is 0 Å². The Morgan fingerprint density at radius 1 is 0.865 bits per heavy atom. The number of rotatable bonds is 7. The average molecular weight is 546 g/mol. The third-order valence-corrected chi connectivity index (χ3v) is 13.1. The Bertz CT molecular complexity index is 986. The van der Waals surface area contributed by atoms with E-state index in [0.717, 1.165) is 54.8 Å². The minimum atomic E-state index is 0.141. The van der Waals surface area contributed by atoms with Crippen molar-refractivity contribution >= 4 is 29.0 Å². The first-order valence-corrected chi connectivity index (χ1v) is 16.3. The number of benzene rings is 1. The van der Waals surface area contributed by atoms with Crippen LogP contribution in [0.15, 0.2) is 18.2 Å². The minimum Gasteiger partial charge on any atom is -0.299 e. The summed E-state index contributed by atoms with van der Waals surface area (Å²) in [5, 5.41) is 1.20. The maximum atomic E-state index is 13.3. The number of hydrogen-bond donors (Lipinski definition) is 0. The van der Waals surface area contributed by atoms with Gasteiger partial charge in [0.2, 0.25) is 0 Å². The van der Waals surface area contributed by atoms with Gasteiger partial charge >= 0.3 is 0 Å². The van der Waals surface area contributed by atoms with E-state index in [0.29, 0.717) is 32.6 Å². The average Bonchev–Trinajstić information content (AvgIpc) is 3.20. The molecule has 1 nitrogen and oxygen atoms in total. The van der Waals surface area contributed by atoms with Gasteiger partial charge in [0.15, 0.2) is 0 Å². The SMILES string of the molecule is CC(C)CCC[C@@H](C)[C@H]1CC[C@H]2[C@@H]3CCC4C(Cc5ccc(Cl)c(Cl)c5)C(=O)CC[C@]4(C)[C@H]3CC[C@]12C. The van der Waals surface area contributed by atoms with E-state index in [1.165, 1.54) is 63.4 Å². The van der Waals surface area contributed by atoms with Gasteiger partial charge in [0, 0.05) is 12.3 Å². The van der Waals surface area contributed by atoms with Gasteiger partial charge in [-0.1, -0.05) is 83.1 Å². The van der Waals surface area contributed by atoms with E-state index in [2.05, 4.69) is 40.7 Å². The van der Waals surface area contributed by atoms with Crippen molar-refractivity contribution in [1.82, 2.24) is 0 Å². The van der Waals surface area contributed by atoms with E-state index in [9.17, 15) is 4.79 Å². The van der Waals surface area contributed by atoms with Crippen LogP contribution in [0.2, 0.25) is 10.0 Å². The summed E-state index contributed by atoms with van der Waals surface area (Å²) in [5.41, 5.74) is 2.01. The summed E-state index contributed by atoms with van der Waals surface area (Å²) in [6, 6.07) is 5.96. The van der Waals surface area contributed by atoms with Gasteiger partial charge in [0.1, 0.15) is 5.78 Å². The summed E-state index contributed by atoms with van der Waals surface area (Å²) in [7, 11) is 0. The smallest absolute Gasteiger partial charge is 0.136 e. The number of Topliss-reactive ketones (excluding diaryl/α,β-unsaturated/α-hetero) is 1. The quantitative estimate of drug-likeness (QED) is 0.333. The number of hydrogen-bond acceptors (Lipinski definition) is 1. The molecule has 9 atom stereocenters. The molecule has 4 saturated carbocycles. The molecule has 5 rings (SSSR count). The van der Waals surface area contributed by atoms with Gasteiger partial charge in [0.25, 0.3) is 0 Å². The highest BCUT2D eigenvalue weighted by Crippen LogP contribution is 2.68. The van der Waals surface area contributed by atoms with Crippen LogP contribution >= 0.6 is 23.2 Å². The first-order chi connectivity index (χ1) is 17.5. The van der Waals surface area contributed by atoms with Crippen LogP contribution in [0.25, 0.3) is 0 Å². The first kappa shape index (κ1) is 28.0. The molecule has 2 unspecified atom stereocenters. The first-order valence-electron chi connectivity index (χ1n) is 15.5. The molecule has 0 amide bonds. The summed E-state index contributed by atoms with van der Waals surface area (Å²) in [6.45, 7) is 12.6. The summed E-state index contributed by atoms with van der Waals surface area (Å²) >= 11 is 12.5. The Kier molecular flexibility index (Phi) is 8.18. The molecule has 0 spiro atoms. The maximum absolute atomic E-state index is 13.3. The molecule has 0 aliphatic heterocycles. The molecule has 0 saturated heterocycles. The molecule has 37 heavy (non-hydrogen) atoms. The van der Waals surface area contributed by atoms with Gasteiger partial charge in [0.05, 0.1) is 10.0 Å². The fraction of sp³-hybridized carbons (Fsp3) is 0.794. The topological polar surface area (TPSA) is 17.1 Å². The fourth-order valence-corrected chi connectivity index (χ4v) is 10.8. The van der Waals surface area contributed by atoms with E-state index < -0.39 is 0 Å². The molecule has 0 bridgehead atoms. The van der Waals surface area contributed by atoms with Crippen molar-refractivity contribution in [3.05, 3.63) is 33.8 Å². The highest BCUT2D eigenvalue weighted by atomic mass is 35.5. The van der Waals surface area contributed by atoms with Crippen molar-refractivity contribution in [2.24, 2.45) is 58.2 Å². The van der Waals surface area contributed by atoms with Crippen LogP contribution in [0.1, 0.15) is 111 Å². The van der Waals surface area contributed by atoms with Gasteiger partial charge in [-0.05, 0) is 121 Å². The monoisotopic (exact) mass is 544 g/mol. The fourth-order valence-electron chi connectivity index (χ4n) is 10.5. The van der Waals surface area contributed by atoms with Crippen LogP contribution in [-0.2, 0) is 11.2 Å². The molecule has 4 fully saturated rings. The number of halogens is 2. The molecule has 3 heteroatoms. The van der Waals surface area contributed by atoms with Crippen molar-refractivity contribution in [2.75, 3.05) is 0 Å². The lowest BCUT2D eigenvalue weighted by atomic mass is 9.43. The van der Waals surface area contributed by atoms with Crippen LogP contribution in [-0.4, -0.2) is 5.78 Å². The van der Waals surface area contributed by atoms with Crippen molar-refractivity contribution in [1.29, 1.82) is 0 Å². The Morgan fingerprint density at radius 2 is 1.59 bits per heavy atom. The van der Waals surface area contributed by atoms with Crippen LogP contribution < -0.4 is 0 Å². The molecule has 0 radical (unpaired) electrons.